The van der Waals surface area contributed by atoms with Crippen LogP contribution in [0.5, 0.6) is 5.75 Å². The van der Waals surface area contributed by atoms with Crippen LogP contribution in [0, 0.1) is 5.82 Å². The summed E-state index contributed by atoms with van der Waals surface area (Å²) in [6.07, 6.45) is 1.59. The number of anilines is 1. The molecule has 3 N–H and O–H groups in total. The maximum atomic E-state index is 13.7. The highest BCUT2D eigenvalue weighted by Gasteiger charge is 2.18. The van der Waals surface area contributed by atoms with E-state index in [2.05, 4.69) is 10.4 Å². The molecule has 9 heteroatoms. The molecule has 0 saturated heterocycles. The number of aromatic nitrogens is 3. The van der Waals surface area contributed by atoms with Crippen molar-refractivity contribution in [3.05, 3.63) is 108 Å². The predicted octanol–water partition coefficient (Wildman–Crippen LogP) is 4.40. The number of rotatable bonds is 8. The SMILES string of the molecule is NC(=O)COc1ccc(NC(=O)c2cc(-c3ccccc3)nc3c2cnn3Cc2cccc(F)c2)cc1. The Balaban J connectivity index is 1.49. The number of nitrogens with two attached hydrogens (primary N) is 1. The lowest BCUT2D eigenvalue weighted by Gasteiger charge is -2.11. The Hall–Kier alpha value is -5.05. The van der Waals surface area contributed by atoms with Crippen molar-refractivity contribution in [2.75, 3.05) is 11.9 Å². The molecule has 0 radical (unpaired) electrons. The van der Waals surface area contributed by atoms with Crippen LogP contribution >= 0.6 is 0 Å². The van der Waals surface area contributed by atoms with Gasteiger partial charge in [-0.05, 0) is 48.0 Å². The molecule has 0 bridgehead atoms. The van der Waals surface area contributed by atoms with Gasteiger partial charge in [-0.15, -0.1) is 0 Å². The second-order valence-corrected chi connectivity index (χ2v) is 8.32. The molecule has 2 amide bonds. The van der Waals surface area contributed by atoms with E-state index in [1.54, 1.807) is 47.3 Å². The van der Waals surface area contributed by atoms with Gasteiger partial charge in [-0.25, -0.2) is 14.1 Å². The Labute approximate surface area is 211 Å². The van der Waals surface area contributed by atoms with E-state index < -0.39 is 5.91 Å². The fourth-order valence-corrected chi connectivity index (χ4v) is 3.90. The molecule has 5 rings (SSSR count). The van der Waals surface area contributed by atoms with Crippen molar-refractivity contribution in [2.24, 2.45) is 5.73 Å². The van der Waals surface area contributed by atoms with Crippen molar-refractivity contribution in [3.63, 3.8) is 0 Å². The Morgan fingerprint density at radius 3 is 2.49 bits per heavy atom. The van der Waals surface area contributed by atoms with Crippen molar-refractivity contribution >= 4 is 28.5 Å². The molecule has 0 atom stereocenters. The Bertz CT molecular complexity index is 1580. The molecule has 0 aliphatic rings. The number of pyridine rings is 1. The second-order valence-electron chi connectivity index (χ2n) is 8.32. The van der Waals surface area contributed by atoms with Crippen LogP contribution in [0.15, 0.2) is 91.1 Å². The van der Waals surface area contributed by atoms with Gasteiger partial charge in [-0.2, -0.15) is 5.10 Å². The minimum Gasteiger partial charge on any atom is -0.484 e. The molecule has 184 valence electrons. The fraction of sp³-hybridized carbons (Fsp3) is 0.0714. The van der Waals surface area contributed by atoms with E-state index in [1.807, 2.05) is 36.4 Å². The first-order valence-corrected chi connectivity index (χ1v) is 11.5. The van der Waals surface area contributed by atoms with Crippen LogP contribution in [0.1, 0.15) is 15.9 Å². The standard InChI is InChI=1S/C28H22FN5O3/c29-20-8-4-5-18(13-20)16-34-27-24(15-31-34)23(14-25(33-27)19-6-2-1-3-7-19)28(36)32-21-9-11-22(12-10-21)37-17-26(30)35/h1-15H,16-17H2,(H2,30,35)(H,32,36). The second kappa shape index (κ2) is 10.3. The first-order valence-electron chi connectivity index (χ1n) is 11.5. The van der Waals surface area contributed by atoms with Crippen LogP contribution in [0.3, 0.4) is 0 Å². The first-order chi connectivity index (χ1) is 18.0. The van der Waals surface area contributed by atoms with Gasteiger partial charge >= 0.3 is 0 Å². The third-order valence-corrected chi connectivity index (χ3v) is 5.64. The summed E-state index contributed by atoms with van der Waals surface area (Å²) in [5.41, 5.74) is 8.71. The summed E-state index contributed by atoms with van der Waals surface area (Å²) in [6.45, 7) is 0.0584. The summed E-state index contributed by atoms with van der Waals surface area (Å²) in [7, 11) is 0. The molecule has 2 heterocycles. The summed E-state index contributed by atoms with van der Waals surface area (Å²) < 4.78 is 20.7. The maximum Gasteiger partial charge on any atom is 0.256 e. The number of carbonyl (C=O) groups excluding carboxylic acids is 2. The molecule has 0 fully saturated rings. The summed E-state index contributed by atoms with van der Waals surface area (Å²) in [6, 6.07) is 24.1. The molecule has 0 saturated carbocycles. The Morgan fingerprint density at radius 2 is 1.76 bits per heavy atom. The van der Waals surface area contributed by atoms with E-state index in [4.69, 9.17) is 15.5 Å². The minimum absolute atomic E-state index is 0.234. The lowest BCUT2D eigenvalue weighted by molar-refractivity contribution is -0.119. The van der Waals surface area contributed by atoms with Crippen LogP contribution in [-0.4, -0.2) is 33.2 Å². The normalized spacial score (nSPS) is 10.8. The van der Waals surface area contributed by atoms with Gasteiger partial charge in [0.2, 0.25) is 0 Å². The summed E-state index contributed by atoms with van der Waals surface area (Å²) >= 11 is 0. The lowest BCUT2D eigenvalue weighted by Crippen LogP contribution is -2.20. The quantitative estimate of drug-likeness (QED) is 0.331. The zero-order valence-electron chi connectivity index (χ0n) is 19.6. The van der Waals surface area contributed by atoms with Crippen LogP contribution in [0.25, 0.3) is 22.3 Å². The average molecular weight is 496 g/mol. The van der Waals surface area contributed by atoms with Crippen molar-refractivity contribution in [2.45, 2.75) is 6.54 Å². The number of benzene rings is 3. The largest absolute Gasteiger partial charge is 0.484 e. The van der Waals surface area contributed by atoms with E-state index >= 15 is 0 Å². The number of hydrogen-bond donors (Lipinski definition) is 2. The van der Waals surface area contributed by atoms with E-state index in [0.717, 1.165) is 11.1 Å². The average Bonchev–Trinajstić information content (AvgIpc) is 3.30. The van der Waals surface area contributed by atoms with E-state index in [1.165, 1.54) is 12.1 Å². The fourth-order valence-electron chi connectivity index (χ4n) is 3.90. The molecule has 5 aromatic rings. The van der Waals surface area contributed by atoms with Crippen molar-refractivity contribution in [1.82, 2.24) is 14.8 Å². The number of ether oxygens (including phenoxy) is 1. The number of carbonyl (C=O) groups is 2. The van der Waals surface area contributed by atoms with Crippen LogP contribution in [0.2, 0.25) is 0 Å². The van der Waals surface area contributed by atoms with Gasteiger partial charge in [0.25, 0.3) is 11.8 Å². The van der Waals surface area contributed by atoms with Gasteiger partial charge in [-0.1, -0.05) is 42.5 Å². The minimum atomic E-state index is -0.578. The number of fused-ring (bicyclic) bond motifs is 1. The highest BCUT2D eigenvalue weighted by Crippen LogP contribution is 2.26. The smallest absolute Gasteiger partial charge is 0.256 e. The zero-order valence-corrected chi connectivity index (χ0v) is 19.6. The van der Waals surface area contributed by atoms with E-state index in [-0.39, 0.29) is 18.3 Å². The van der Waals surface area contributed by atoms with Crippen molar-refractivity contribution in [3.8, 4) is 17.0 Å². The molecule has 0 unspecified atom stereocenters. The topological polar surface area (TPSA) is 112 Å². The summed E-state index contributed by atoms with van der Waals surface area (Å²) in [4.78, 5) is 29.1. The Morgan fingerprint density at radius 1 is 0.973 bits per heavy atom. The molecule has 8 nitrogen and oxygen atoms in total. The highest BCUT2D eigenvalue weighted by atomic mass is 19.1. The van der Waals surface area contributed by atoms with Gasteiger partial charge in [0.15, 0.2) is 12.3 Å². The first kappa shape index (κ1) is 23.7. The molecule has 3 aromatic carbocycles. The summed E-state index contributed by atoms with van der Waals surface area (Å²) in [5.74, 6) is -0.807. The van der Waals surface area contributed by atoms with Crippen molar-refractivity contribution in [1.29, 1.82) is 0 Å². The Kier molecular flexibility index (Phi) is 6.58. The van der Waals surface area contributed by atoms with Crippen LogP contribution < -0.4 is 15.8 Å². The number of nitrogens with zero attached hydrogens (tertiary/aromatic N) is 3. The van der Waals surface area contributed by atoms with Crippen molar-refractivity contribution < 1.29 is 18.7 Å². The number of amides is 2. The number of nitrogens with one attached hydrogen (secondary N) is 1. The number of hydrogen-bond acceptors (Lipinski definition) is 5. The van der Waals surface area contributed by atoms with E-state index in [9.17, 15) is 14.0 Å². The molecule has 0 spiro atoms. The zero-order chi connectivity index (χ0) is 25.8. The highest BCUT2D eigenvalue weighted by molar-refractivity contribution is 6.12. The van der Waals surface area contributed by atoms with Gasteiger partial charge in [0.1, 0.15) is 11.6 Å². The molecule has 0 aliphatic carbocycles. The summed E-state index contributed by atoms with van der Waals surface area (Å²) in [5, 5.41) is 7.90. The van der Waals surface area contributed by atoms with Gasteiger partial charge in [-0.3, -0.25) is 9.59 Å². The third kappa shape index (κ3) is 5.46. The van der Waals surface area contributed by atoms with E-state index in [0.29, 0.717) is 40.3 Å². The monoisotopic (exact) mass is 495 g/mol. The maximum absolute atomic E-state index is 13.7. The molecule has 0 aliphatic heterocycles. The van der Waals surface area contributed by atoms with Gasteiger partial charge in [0, 0.05) is 11.3 Å². The lowest BCUT2D eigenvalue weighted by atomic mass is 10.1. The van der Waals surface area contributed by atoms with Crippen LogP contribution in [-0.2, 0) is 11.3 Å². The van der Waals surface area contributed by atoms with Gasteiger partial charge in [0.05, 0.1) is 29.4 Å². The van der Waals surface area contributed by atoms with Crippen LogP contribution in [0.4, 0.5) is 10.1 Å². The third-order valence-electron chi connectivity index (χ3n) is 5.64. The molecule has 37 heavy (non-hydrogen) atoms. The molecular formula is C28H22FN5O3. The molecular weight excluding hydrogens is 473 g/mol. The predicted molar refractivity (Wildman–Crippen MR) is 138 cm³/mol. The number of primary amides is 1. The number of halogens is 1. The molecule has 2 aromatic heterocycles. The van der Waals surface area contributed by atoms with Gasteiger partial charge < -0.3 is 15.8 Å².